The molecule has 1 heterocycles. The number of nitrogens with one attached hydrogen (secondary N) is 1. The van der Waals surface area contributed by atoms with Crippen LogP contribution >= 0.6 is 0 Å². The quantitative estimate of drug-likeness (QED) is 0.889. The maximum absolute atomic E-state index is 12.0. The highest BCUT2D eigenvalue weighted by Gasteiger charge is 2.28. The summed E-state index contributed by atoms with van der Waals surface area (Å²) < 4.78 is 27.8. The van der Waals surface area contributed by atoms with Crippen LogP contribution in [0.3, 0.4) is 0 Å². The Morgan fingerprint density at radius 3 is 2.79 bits per heavy atom. The van der Waals surface area contributed by atoms with Crippen molar-refractivity contribution in [3.63, 3.8) is 0 Å². The van der Waals surface area contributed by atoms with Gasteiger partial charge in [-0.05, 0) is 24.5 Å². The van der Waals surface area contributed by atoms with E-state index in [0.29, 0.717) is 24.3 Å². The first kappa shape index (κ1) is 13.9. The van der Waals surface area contributed by atoms with Crippen LogP contribution in [0.25, 0.3) is 0 Å². The highest BCUT2D eigenvalue weighted by atomic mass is 32.2. The van der Waals surface area contributed by atoms with E-state index in [1.54, 1.807) is 24.3 Å². The van der Waals surface area contributed by atoms with Crippen LogP contribution in [-0.2, 0) is 9.84 Å². The van der Waals surface area contributed by atoms with E-state index in [0.717, 1.165) is 0 Å². The summed E-state index contributed by atoms with van der Waals surface area (Å²) in [7, 11) is -1.39. The van der Waals surface area contributed by atoms with Gasteiger partial charge in [0, 0.05) is 6.54 Å². The van der Waals surface area contributed by atoms with Gasteiger partial charge >= 0.3 is 0 Å². The third kappa shape index (κ3) is 3.47. The molecule has 0 radical (unpaired) electrons. The molecule has 5 nitrogen and oxygen atoms in total. The number of benzene rings is 1. The first-order valence-electron chi connectivity index (χ1n) is 6.13. The zero-order valence-electron chi connectivity index (χ0n) is 10.8. The highest BCUT2D eigenvalue weighted by molar-refractivity contribution is 7.91. The number of carbonyl (C=O) groups is 1. The Bertz CT molecular complexity index is 568. The lowest BCUT2D eigenvalue weighted by atomic mass is 10.1. The second kappa shape index (κ2) is 5.61. The van der Waals surface area contributed by atoms with E-state index < -0.39 is 9.84 Å². The molecule has 0 bridgehead atoms. The van der Waals surface area contributed by atoms with Crippen molar-refractivity contribution in [3.8, 4) is 5.75 Å². The Morgan fingerprint density at radius 1 is 1.42 bits per heavy atom. The zero-order valence-corrected chi connectivity index (χ0v) is 11.6. The monoisotopic (exact) mass is 283 g/mol. The van der Waals surface area contributed by atoms with E-state index in [4.69, 9.17) is 4.74 Å². The van der Waals surface area contributed by atoms with Gasteiger partial charge in [-0.2, -0.15) is 0 Å². The van der Waals surface area contributed by atoms with Gasteiger partial charge in [-0.15, -0.1) is 0 Å². The van der Waals surface area contributed by atoms with Crippen molar-refractivity contribution in [1.82, 2.24) is 5.32 Å². The molecule has 19 heavy (non-hydrogen) atoms. The molecule has 1 saturated heterocycles. The third-order valence-corrected chi connectivity index (χ3v) is 5.07. The van der Waals surface area contributed by atoms with Crippen molar-refractivity contribution < 1.29 is 17.9 Å². The minimum absolute atomic E-state index is 0.0173. The Balaban J connectivity index is 1.95. The fourth-order valence-corrected chi connectivity index (χ4v) is 4.06. The molecule has 104 valence electrons. The van der Waals surface area contributed by atoms with E-state index in [2.05, 4.69) is 5.32 Å². The molecule has 6 heteroatoms. The average molecular weight is 283 g/mol. The average Bonchev–Trinajstić information content (AvgIpc) is 2.75. The summed E-state index contributed by atoms with van der Waals surface area (Å²) >= 11 is 0. The minimum atomic E-state index is -2.90. The van der Waals surface area contributed by atoms with Crippen LogP contribution in [-0.4, -0.2) is 39.5 Å². The smallest absolute Gasteiger partial charge is 0.255 e. The number of ether oxygens (including phenoxy) is 1. The molecule has 1 atom stereocenters. The van der Waals surface area contributed by atoms with Gasteiger partial charge in [0.2, 0.25) is 0 Å². The fraction of sp³-hybridized carbons (Fsp3) is 0.462. The Kier molecular flexibility index (Phi) is 4.09. The number of rotatable bonds is 4. The summed E-state index contributed by atoms with van der Waals surface area (Å²) in [5.41, 5.74) is 0.464. The largest absolute Gasteiger partial charge is 0.496 e. The van der Waals surface area contributed by atoms with Crippen molar-refractivity contribution in [2.45, 2.75) is 6.42 Å². The van der Waals surface area contributed by atoms with Crippen LogP contribution in [0.2, 0.25) is 0 Å². The normalized spacial score (nSPS) is 21.0. The van der Waals surface area contributed by atoms with Crippen LogP contribution < -0.4 is 10.1 Å². The lowest BCUT2D eigenvalue weighted by Gasteiger charge is -2.11. The number of carbonyl (C=O) groups excluding carboxylic acids is 1. The van der Waals surface area contributed by atoms with Gasteiger partial charge in [0.15, 0.2) is 9.84 Å². The molecule has 0 saturated carbocycles. The molecule has 0 spiro atoms. The van der Waals surface area contributed by atoms with Crippen LogP contribution in [0.15, 0.2) is 24.3 Å². The van der Waals surface area contributed by atoms with Crippen LogP contribution in [0.5, 0.6) is 5.75 Å². The maximum atomic E-state index is 12.0. The van der Waals surface area contributed by atoms with E-state index in [-0.39, 0.29) is 23.3 Å². The van der Waals surface area contributed by atoms with E-state index >= 15 is 0 Å². The first-order valence-corrected chi connectivity index (χ1v) is 7.95. The van der Waals surface area contributed by atoms with Gasteiger partial charge in [0.25, 0.3) is 5.91 Å². The predicted molar refractivity (Wildman–Crippen MR) is 72.1 cm³/mol. The summed E-state index contributed by atoms with van der Waals surface area (Å²) in [5, 5.41) is 2.77. The summed E-state index contributed by atoms with van der Waals surface area (Å²) in [4.78, 5) is 12.0. The molecule has 1 amide bonds. The van der Waals surface area contributed by atoms with Gasteiger partial charge < -0.3 is 10.1 Å². The standard InChI is InChI=1S/C13H17NO4S/c1-18-12-5-3-2-4-11(12)13(15)14-8-10-6-7-19(16,17)9-10/h2-5,10H,6-9H2,1H3,(H,14,15). The van der Waals surface area contributed by atoms with Crippen LogP contribution in [0.4, 0.5) is 0 Å². The first-order chi connectivity index (χ1) is 9.02. The van der Waals surface area contributed by atoms with Gasteiger partial charge in [-0.25, -0.2) is 8.42 Å². The van der Waals surface area contributed by atoms with Crippen molar-refractivity contribution in [3.05, 3.63) is 29.8 Å². The molecule has 0 aromatic heterocycles. The minimum Gasteiger partial charge on any atom is -0.496 e. The molecule has 1 fully saturated rings. The number of methoxy groups -OCH3 is 1. The molecule has 1 aromatic rings. The molecule has 1 N–H and O–H groups in total. The second-order valence-corrected chi connectivity index (χ2v) is 6.91. The molecular formula is C13H17NO4S. The zero-order chi connectivity index (χ0) is 13.9. The lowest BCUT2D eigenvalue weighted by Crippen LogP contribution is -2.30. The van der Waals surface area contributed by atoms with E-state index in [9.17, 15) is 13.2 Å². The van der Waals surface area contributed by atoms with Crippen LogP contribution in [0, 0.1) is 5.92 Å². The Hall–Kier alpha value is -1.56. The lowest BCUT2D eigenvalue weighted by molar-refractivity contribution is 0.0945. The number of amides is 1. The van der Waals surface area contributed by atoms with Gasteiger partial charge in [0.1, 0.15) is 5.75 Å². The Morgan fingerprint density at radius 2 is 2.16 bits per heavy atom. The summed E-state index contributed by atoms with van der Waals surface area (Å²) in [6, 6.07) is 6.95. The van der Waals surface area contributed by atoms with Crippen LogP contribution in [0.1, 0.15) is 16.8 Å². The van der Waals surface area contributed by atoms with Gasteiger partial charge in [-0.3, -0.25) is 4.79 Å². The molecule has 1 aliphatic rings. The fourth-order valence-electron chi connectivity index (χ4n) is 2.20. The van der Waals surface area contributed by atoms with Gasteiger partial charge in [0.05, 0.1) is 24.2 Å². The molecule has 1 aliphatic heterocycles. The van der Waals surface area contributed by atoms with Crippen molar-refractivity contribution in [2.24, 2.45) is 5.92 Å². The molecule has 1 unspecified atom stereocenters. The van der Waals surface area contributed by atoms with Crippen molar-refractivity contribution in [1.29, 1.82) is 0 Å². The molecule has 1 aromatic carbocycles. The summed E-state index contributed by atoms with van der Waals surface area (Å²) in [6.07, 6.45) is 0.620. The molecule has 2 rings (SSSR count). The second-order valence-electron chi connectivity index (χ2n) is 4.68. The summed E-state index contributed by atoms with van der Waals surface area (Å²) in [6.45, 7) is 0.385. The topological polar surface area (TPSA) is 72.5 Å². The molecule has 0 aliphatic carbocycles. The third-order valence-electron chi connectivity index (χ3n) is 3.23. The highest BCUT2D eigenvalue weighted by Crippen LogP contribution is 2.19. The molecular weight excluding hydrogens is 266 g/mol. The van der Waals surface area contributed by atoms with Crippen molar-refractivity contribution in [2.75, 3.05) is 25.2 Å². The number of hydrogen-bond acceptors (Lipinski definition) is 4. The van der Waals surface area contributed by atoms with Gasteiger partial charge in [-0.1, -0.05) is 12.1 Å². The predicted octanol–water partition coefficient (Wildman–Crippen LogP) is 0.860. The SMILES string of the molecule is COc1ccccc1C(=O)NCC1CCS(=O)(=O)C1. The van der Waals surface area contributed by atoms with E-state index in [1.165, 1.54) is 7.11 Å². The van der Waals surface area contributed by atoms with Crippen molar-refractivity contribution >= 4 is 15.7 Å². The number of sulfone groups is 1. The number of hydrogen-bond donors (Lipinski definition) is 1. The van der Waals surface area contributed by atoms with E-state index in [1.807, 2.05) is 0 Å². The Labute approximate surface area is 112 Å². The summed E-state index contributed by atoms with van der Waals surface area (Å²) in [5.74, 6) is 0.686. The number of para-hydroxylation sites is 1. The maximum Gasteiger partial charge on any atom is 0.255 e.